The van der Waals surface area contributed by atoms with Gasteiger partial charge in [0.1, 0.15) is 0 Å². The summed E-state index contributed by atoms with van der Waals surface area (Å²) in [6.45, 7) is 0. The molecule has 0 unspecified atom stereocenters. The van der Waals surface area contributed by atoms with Crippen LogP contribution in [0.25, 0.3) is 10.8 Å². The van der Waals surface area contributed by atoms with Gasteiger partial charge in [-0.05, 0) is 67.9 Å². The van der Waals surface area contributed by atoms with Crippen molar-refractivity contribution in [1.29, 1.82) is 0 Å². The van der Waals surface area contributed by atoms with Gasteiger partial charge in [-0.1, -0.05) is 30.3 Å². The Hall–Kier alpha value is 0.450. The molecular weight excluding hydrogens is 280 g/mol. The van der Waals surface area contributed by atoms with Gasteiger partial charge >= 0.3 is 0 Å². The first-order valence-electron chi connectivity index (χ1n) is 4.31. The molecule has 0 fully saturated rings. The Kier molecular flexibility index (Phi) is 3.36. The Balaban J connectivity index is 2.27. The summed E-state index contributed by atoms with van der Waals surface area (Å²) in [7, 11) is 9.27. The average molecular weight is 286 g/mol. The predicted molar refractivity (Wildman–Crippen MR) is 78.4 cm³/mol. The highest BCUT2D eigenvalue weighted by Crippen LogP contribution is 2.60. The Morgan fingerprint density at radius 3 is 2.60 bits per heavy atom. The van der Waals surface area contributed by atoms with E-state index in [1.54, 1.807) is 0 Å². The van der Waals surface area contributed by atoms with E-state index in [0.29, 0.717) is 0 Å². The number of rotatable bonds is 0. The first kappa shape index (κ1) is 10.6. The van der Waals surface area contributed by atoms with Crippen molar-refractivity contribution in [2.45, 2.75) is 9.79 Å². The molecule has 0 N–H and O–H groups in total. The molecular formula is C10H6S5. The van der Waals surface area contributed by atoms with E-state index < -0.39 is 0 Å². The number of hydrogen-bond acceptors (Lipinski definition) is 5. The van der Waals surface area contributed by atoms with E-state index >= 15 is 0 Å². The molecule has 0 nitrogen and oxygen atoms in total. The molecule has 5 heteroatoms. The van der Waals surface area contributed by atoms with E-state index in [0.717, 1.165) is 0 Å². The lowest BCUT2D eigenvalue weighted by atomic mass is 10.1. The first-order chi connectivity index (χ1) is 7.45. The van der Waals surface area contributed by atoms with Crippen LogP contribution in [0.3, 0.4) is 0 Å². The fourth-order valence-electron chi connectivity index (χ4n) is 1.48. The van der Waals surface area contributed by atoms with Crippen LogP contribution in [0.1, 0.15) is 0 Å². The highest BCUT2D eigenvalue weighted by atomic mass is 33.8. The summed E-state index contributed by atoms with van der Waals surface area (Å²) < 4.78 is 0. The number of fused-ring (bicyclic) bond motifs is 3. The van der Waals surface area contributed by atoms with Crippen molar-refractivity contribution in [1.82, 2.24) is 0 Å². The minimum atomic E-state index is 1.34. The summed E-state index contributed by atoms with van der Waals surface area (Å²) in [5.74, 6) is 0. The second-order valence-electron chi connectivity index (χ2n) is 2.98. The molecule has 1 aliphatic rings. The molecule has 76 valence electrons. The third-order valence-corrected chi connectivity index (χ3v) is 10.6. The van der Waals surface area contributed by atoms with Crippen LogP contribution >= 0.6 is 51.1 Å². The Bertz CT molecular complexity index is 496. The van der Waals surface area contributed by atoms with Crippen molar-refractivity contribution < 1.29 is 0 Å². The zero-order valence-electron chi connectivity index (χ0n) is 7.51. The highest BCUT2D eigenvalue weighted by molar-refractivity contribution is 9.36. The molecule has 0 radical (unpaired) electrons. The van der Waals surface area contributed by atoms with E-state index in [1.165, 1.54) is 20.6 Å². The summed E-state index contributed by atoms with van der Waals surface area (Å²) in [6.07, 6.45) is 0. The smallest absolute Gasteiger partial charge is 0.0414 e. The fourth-order valence-corrected chi connectivity index (χ4v) is 10.5. The van der Waals surface area contributed by atoms with E-state index in [9.17, 15) is 0 Å². The van der Waals surface area contributed by atoms with Crippen molar-refractivity contribution in [3.8, 4) is 0 Å². The van der Waals surface area contributed by atoms with Crippen LogP contribution in [0.2, 0.25) is 0 Å². The lowest BCUT2D eigenvalue weighted by Gasteiger charge is -2.06. The van der Waals surface area contributed by atoms with Crippen LogP contribution in [0, 0.1) is 0 Å². The van der Waals surface area contributed by atoms with Crippen LogP contribution in [-0.2, 0) is 0 Å². The zero-order chi connectivity index (χ0) is 10.1. The summed E-state index contributed by atoms with van der Waals surface area (Å²) in [4.78, 5) is 2.81. The molecule has 0 saturated carbocycles. The van der Waals surface area contributed by atoms with Crippen LogP contribution in [0.15, 0.2) is 46.2 Å². The number of benzene rings is 2. The third kappa shape index (κ3) is 2.13. The Labute approximate surface area is 107 Å². The molecule has 3 rings (SSSR count). The summed E-state index contributed by atoms with van der Waals surface area (Å²) >= 11 is 0. The maximum atomic E-state index is 2.23. The van der Waals surface area contributed by atoms with E-state index in [-0.39, 0.29) is 0 Å². The van der Waals surface area contributed by atoms with Crippen molar-refractivity contribution in [2.24, 2.45) is 0 Å². The van der Waals surface area contributed by atoms with Crippen LogP contribution in [-0.4, -0.2) is 0 Å². The van der Waals surface area contributed by atoms with Crippen LogP contribution in [0.4, 0.5) is 0 Å². The van der Waals surface area contributed by atoms with Gasteiger partial charge in [-0.25, -0.2) is 0 Å². The Morgan fingerprint density at radius 2 is 1.60 bits per heavy atom. The van der Waals surface area contributed by atoms with Crippen molar-refractivity contribution in [2.75, 3.05) is 0 Å². The van der Waals surface area contributed by atoms with Gasteiger partial charge in [-0.3, -0.25) is 0 Å². The molecule has 0 aliphatic carbocycles. The standard InChI is InChI=1S/C10H6S5/c1-2-4-8-7(3-1)5-6-9-10(8)12-14-15-13-11-9/h1-6H. The topological polar surface area (TPSA) is 0 Å². The molecule has 0 bridgehead atoms. The summed E-state index contributed by atoms with van der Waals surface area (Å²) in [5, 5.41) is 2.71. The zero-order valence-corrected chi connectivity index (χ0v) is 11.6. The second kappa shape index (κ2) is 4.75. The van der Waals surface area contributed by atoms with Crippen molar-refractivity contribution in [3.05, 3.63) is 36.4 Å². The molecule has 0 atom stereocenters. The molecule has 0 saturated heterocycles. The monoisotopic (exact) mass is 286 g/mol. The molecule has 1 heterocycles. The molecule has 15 heavy (non-hydrogen) atoms. The predicted octanol–water partition coefficient (Wildman–Crippen LogP) is 5.90. The fraction of sp³-hybridized carbons (Fsp3) is 0. The summed E-state index contributed by atoms with van der Waals surface area (Å²) in [5.41, 5.74) is 0. The van der Waals surface area contributed by atoms with Gasteiger partial charge in [0.05, 0.1) is 0 Å². The van der Waals surface area contributed by atoms with E-state index in [4.69, 9.17) is 0 Å². The quantitative estimate of drug-likeness (QED) is 0.551. The Morgan fingerprint density at radius 1 is 0.733 bits per heavy atom. The van der Waals surface area contributed by atoms with Crippen LogP contribution in [0.5, 0.6) is 0 Å². The third-order valence-electron chi connectivity index (χ3n) is 2.14. The highest BCUT2D eigenvalue weighted by Gasteiger charge is 2.13. The lowest BCUT2D eigenvalue weighted by molar-refractivity contribution is 1.32. The second-order valence-corrected chi connectivity index (χ2v) is 10.5. The first-order valence-corrected chi connectivity index (χ1v) is 10.5. The van der Waals surface area contributed by atoms with E-state index in [1.807, 2.05) is 51.1 Å². The van der Waals surface area contributed by atoms with Gasteiger partial charge in [0.15, 0.2) is 0 Å². The molecule has 1 aliphatic heterocycles. The molecule has 2 aromatic rings. The number of hydrogen-bond donors (Lipinski definition) is 0. The SMILES string of the molecule is c1ccc2c3c(ccc2c1)SSSSS3. The van der Waals surface area contributed by atoms with Gasteiger partial charge in [0, 0.05) is 9.79 Å². The molecule has 0 amide bonds. The minimum Gasteiger partial charge on any atom is -0.0616 e. The van der Waals surface area contributed by atoms with Crippen molar-refractivity contribution in [3.63, 3.8) is 0 Å². The van der Waals surface area contributed by atoms with Crippen LogP contribution < -0.4 is 0 Å². The molecule has 0 spiro atoms. The van der Waals surface area contributed by atoms with Gasteiger partial charge < -0.3 is 0 Å². The van der Waals surface area contributed by atoms with E-state index in [2.05, 4.69) is 36.4 Å². The molecule has 2 aromatic carbocycles. The largest absolute Gasteiger partial charge is 0.0616 e. The average Bonchev–Trinajstić information content (AvgIpc) is 2.54. The van der Waals surface area contributed by atoms with Gasteiger partial charge in [0.25, 0.3) is 0 Å². The maximum Gasteiger partial charge on any atom is 0.0414 e. The van der Waals surface area contributed by atoms with Gasteiger partial charge in [-0.2, -0.15) is 0 Å². The van der Waals surface area contributed by atoms with Crippen molar-refractivity contribution >= 4 is 61.8 Å². The minimum absolute atomic E-state index is 1.34. The maximum absolute atomic E-state index is 2.23. The van der Waals surface area contributed by atoms with Gasteiger partial charge in [-0.15, -0.1) is 0 Å². The lowest BCUT2D eigenvalue weighted by Crippen LogP contribution is -1.78. The molecule has 0 aromatic heterocycles. The normalized spacial score (nSPS) is 16.0. The van der Waals surface area contributed by atoms with Gasteiger partial charge in [0.2, 0.25) is 0 Å². The summed E-state index contributed by atoms with van der Waals surface area (Å²) in [6, 6.07) is 13.0.